The third-order valence-corrected chi connectivity index (χ3v) is 25.3. The van der Waals surface area contributed by atoms with Crippen LogP contribution < -0.4 is 25.6 Å². The van der Waals surface area contributed by atoms with Gasteiger partial charge in [-0.05, 0) is 152 Å². The van der Waals surface area contributed by atoms with Gasteiger partial charge in [-0.15, -0.1) is 23.1 Å². The van der Waals surface area contributed by atoms with E-state index in [1.165, 1.54) is 39.9 Å². The number of sulfone groups is 1. The van der Waals surface area contributed by atoms with Gasteiger partial charge in [-0.3, -0.25) is 33.8 Å². The Morgan fingerprint density at radius 1 is 0.802 bits per heavy atom. The zero-order chi connectivity index (χ0) is 76.3. The standard InChI is InChI=1S/C78H96F3N11O10S4/c1-52(55-22-24-57(25-23-55)71-53(2)83-51-104-71)84-74(97)67-44-62(93)49-92(67)75(98)72(76(3,4)5)86-69(94)16-12-9-13-17-70(95)91-42-36-88(37-43-91)35-33-60(50-103-63-14-10-8-11-15-63)85-66-31-30-64(45-68(66)105(99,100)78(79,80)81)106(101,102)87-73(96)58-26-28-61(29-27-58)90-40-38-89(39-41-90)48-59-46-77(6,7)34-32-65(59)56-20-18-54(47-82)19-21-56/h8,10-11,14-15,18-31,45,51-52,60,62,67,72,85,93H,9,12-13,16-17,32-44,46,48-50H2,1-7H3,(H,84,97)(H,86,94)(H,87,96)/t52-,60+,62+,67-,72+/m0/s1. The number of likely N-dealkylation sites (tertiary alicyclic amines) is 1. The number of alkyl halides is 3. The molecule has 0 unspecified atom stereocenters. The summed E-state index contributed by atoms with van der Waals surface area (Å²) < 4.78 is 100. The minimum absolute atomic E-state index is 0.0460. The average Bonchev–Trinajstić information content (AvgIpc) is 0.915. The highest BCUT2D eigenvalue weighted by Gasteiger charge is 2.49. The molecule has 5 aromatic carbocycles. The molecule has 3 aliphatic heterocycles. The van der Waals surface area contributed by atoms with Crippen LogP contribution in [0.1, 0.15) is 145 Å². The van der Waals surface area contributed by atoms with E-state index < -0.39 is 94.3 Å². The normalized spacial score (nSPS) is 18.5. The number of nitriles is 1. The second kappa shape index (κ2) is 34.8. The van der Waals surface area contributed by atoms with Crippen molar-refractivity contribution in [3.8, 4) is 16.5 Å². The SMILES string of the molecule is Cc1ncsc1-c1ccc([C@H](C)NC(=O)[C@@H]2C[C@@H](O)CN2C(=O)[C@@H](NC(=O)CCCCCC(=O)N2CCN(CC[C@H](CSc3ccccc3)Nc3ccc(S(=O)(=O)NC(=O)c4ccc(N5CCN(CC6=C(c7ccc(C#N)cc7)CCC(C)(C)C6)CC5)cc4)cc3S(=O)(=O)C(F)(F)F)CC2)C(C)(C)C)cc1. The van der Waals surface area contributed by atoms with E-state index in [1.807, 2.05) is 118 Å². The van der Waals surface area contributed by atoms with E-state index >= 15 is 0 Å². The lowest BCUT2D eigenvalue weighted by atomic mass is 9.72. The zero-order valence-electron chi connectivity index (χ0n) is 61.1. The van der Waals surface area contributed by atoms with Gasteiger partial charge in [0.1, 0.15) is 17.0 Å². The lowest BCUT2D eigenvalue weighted by molar-refractivity contribution is -0.144. The van der Waals surface area contributed by atoms with Gasteiger partial charge >= 0.3 is 5.51 Å². The Hall–Kier alpha value is -8.17. The Morgan fingerprint density at radius 3 is 2.10 bits per heavy atom. The molecule has 5 amide bonds. The molecule has 106 heavy (non-hydrogen) atoms. The number of aliphatic hydroxyl groups is 1. The second-order valence-electron chi connectivity index (χ2n) is 29.9. The van der Waals surface area contributed by atoms with Gasteiger partial charge in [0.25, 0.3) is 25.8 Å². The predicted molar refractivity (Wildman–Crippen MR) is 407 cm³/mol. The highest BCUT2D eigenvalue weighted by atomic mass is 32.2. The number of hydrogen-bond donors (Lipinski definition) is 5. The molecule has 3 saturated heterocycles. The number of allylic oxidation sites excluding steroid dienone is 1. The van der Waals surface area contributed by atoms with Crippen molar-refractivity contribution in [1.82, 2.24) is 39.9 Å². The number of unbranched alkanes of at least 4 members (excludes halogenated alkanes) is 2. The summed E-state index contributed by atoms with van der Waals surface area (Å²) in [5, 5.41) is 29.1. The summed E-state index contributed by atoms with van der Waals surface area (Å²) in [7, 11) is -11.1. The highest BCUT2D eigenvalue weighted by molar-refractivity contribution is 7.99. The number of rotatable bonds is 28. The van der Waals surface area contributed by atoms with Crippen molar-refractivity contribution in [3.05, 3.63) is 160 Å². The maximum absolute atomic E-state index is 14.6. The fourth-order valence-electron chi connectivity index (χ4n) is 14.1. The third kappa shape index (κ3) is 20.7. The van der Waals surface area contributed by atoms with Crippen molar-refractivity contribution in [3.63, 3.8) is 0 Å². The number of benzene rings is 5. The van der Waals surface area contributed by atoms with E-state index in [2.05, 4.69) is 55.6 Å². The maximum Gasteiger partial charge on any atom is 0.501 e. The molecule has 0 saturated carbocycles. The molecule has 21 nitrogen and oxygen atoms in total. The number of sulfonamides is 1. The smallest absolute Gasteiger partial charge is 0.391 e. The van der Waals surface area contributed by atoms with Gasteiger partial charge in [-0.1, -0.05) is 101 Å². The van der Waals surface area contributed by atoms with Gasteiger partial charge in [-0.2, -0.15) is 18.4 Å². The van der Waals surface area contributed by atoms with Crippen molar-refractivity contribution in [2.45, 2.75) is 163 Å². The lowest BCUT2D eigenvalue weighted by Crippen LogP contribution is -2.57. The fourth-order valence-corrected chi connectivity index (χ4v) is 18.0. The number of aryl methyl sites for hydroxylation is 1. The van der Waals surface area contributed by atoms with Crippen molar-refractivity contribution >= 4 is 89.4 Å². The van der Waals surface area contributed by atoms with E-state index in [-0.39, 0.29) is 54.4 Å². The first-order valence-corrected chi connectivity index (χ1v) is 40.9. The van der Waals surface area contributed by atoms with Crippen LogP contribution in [-0.4, -0.2) is 184 Å². The molecule has 0 bridgehead atoms. The first-order chi connectivity index (χ1) is 50.2. The van der Waals surface area contributed by atoms with Crippen molar-refractivity contribution in [2.24, 2.45) is 10.8 Å². The summed E-state index contributed by atoms with van der Waals surface area (Å²) in [5.74, 6) is -2.12. The molecular formula is C78H96F3N11O10S4. The minimum Gasteiger partial charge on any atom is -0.391 e. The van der Waals surface area contributed by atoms with E-state index in [4.69, 9.17) is 0 Å². The number of halogens is 3. The van der Waals surface area contributed by atoms with Crippen LogP contribution in [-0.2, 0) is 39.0 Å². The molecule has 3 fully saturated rings. The molecular weight excluding hydrogens is 1440 g/mol. The van der Waals surface area contributed by atoms with E-state index in [9.17, 15) is 64.3 Å². The van der Waals surface area contributed by atoms with E-state index in [0.717, 1.165) is 88.9 Å². The topological polar surface area (TPSA) is 275 Å². The van der Waals surface area contributed by atoms with Crippen LogP contribution in [0.3, 0.4) is 0 Å². The fraction of sp³-hybridized carbons (Fsp3) is 0.474. The number of amides is 5. The number of carbonyl (C=O) groups is 5. The molecule has 6 aromatic rings. The molecule has 28 heteroatoms. The van der Waals surface area contributed by atoms with Crippen LogP contribution in [0.15, 0.2) is 147 Å². The third-order valence-electron chi connectivity index (χ3n) is 20.3. The molecule has 1 aromatic heterocycles. The number of piperazine rings is 2. The summed E-state index contributed by atoms with van der Waals surface area (Å²) in [6.45, 7) is 19.6. The Bertz CT molecular complexity index is 4400. The quantitative estimate of drug-likeness (QED) is 0.0225. The molecule has 5 N–H and O–H groups in total. The molecule has 10 rings (SSSR count). The van der Waals surface area contributed by atoms with Gasteiger partial charge in [0.05, 0.1) is 50.4 Å². The second-order valence-corrected chi connectivity index (χ2v) is 35.4. The van der Waals surface area contributed by atoms with Crippen LogP contribution >= 0.6 is 23.1 Å². The summed E-state index contributed by atoms with van der Waals surface area (Å²) in [6.07, 6.45) is 4.21. The van der Waals surface area contributed by atoms with Crippen LogP contribution in [0.2, 0.25) is 0 Å². The molecule has 4 aliphatic rings. The van der Waals surface area contributed by atoms with Crippen molar-refractivity contribution in [2.75, 3.05) is 88.0 Å². The number of hydrogen-bond acceptors (Lipinski definition) is 18. The number of thiazole rings is 1. The lowest BCUT2D eigenvalue weighted by Gasteiger charge is -2.39. The summed E-state index contributed by atoms with van der Waals surface area (Å²) in [4.78, 5) is 82.6. The minimum atomic E-state index is -6.19. The summed E-state index contributed by atoms with van der Waals surface area (Å²) >= 11 is 2.94. The number of aromatic nitrogens is 1. The van der Waals surface area contributed by atoms with Crippen molar-refractivity contribution in [1.29, 1.82) is 5.26 Å². The first kappa shape index (κ1) is 80.4. The zero-order valence-corrected chi connectivity index (χ0v) is 64.4. The molecule has 0 radical (unpaired) electrons. The molecule has 0 spiro atoms. The number of anilines is 2. The largest absolute Gasteiger partial charge is 0.501 e. The monoisotopic (exact) mass is 1530 g/mol. The molecule has 4 heterocycles. The van der Waals surface area contributed by atoms with Crippen LogP contribution in [0, 0.1) is 29.1 Å². The molecule has 1 aliphatic carbocycles. The highest BCUT2D eigenvalue weighted by Crippen LogP contribution is 2.43. The summed E-state index contributed by atoms with van der Waals surface area (Å²) in [6, 6.07) is 32.6. The van der Waals surface area contributed by atoms with Crippen LogP contribution in [0.5, 0.6) is 0 Å². The van der Waals surface area contributed by atoms with E-state index in [0.29, 0.717) is 83.1 Å². The molecule has 5 atom stereocenters. The van der Waals surface area contributed by atoms with E-state index in [1.54, 1.807) is 33.9 Å². The Kier molecular flexibility index (Phi) is 26.4. The van der Waals surface area contributed by atoms with Gasteiger partial charge < -0.3 is 35.8 Å². The number of thioether (sulfide) groups is 1. The summed E-state index contributed by atoms with van der Waals surface area (Å²) in [5.41, 5.74) is 2.93. The van der Waals surface area contributed by atoms with Gasteiger partial charge in [0.2, 0.25) is 23.6 Å². The Labute approximate surface area is 628 Å². The number of carbonyl (C=O) groups excluding carboxylic acids is 5. The number of nitrogens with zero attached hydrogens (tertiary/aromatic N) is 7. The average molecular weight is 1530 g/mol. The van der Waals surface area contributed by atoms with Crippen LogP contribution in [0.4, 0.5) is 24.5 Å². The first-order valence-electron chi connectivity index (χ1n) is 36.1. The Balaban J connectivity index is 0.691. The number of aliphatic hydroxyl groups excluding tert-OH is 1. The van der Waals surface area contributed by atoms with Gasteiger partial charge in [0.15, 0.2) is 0 Å². The van der Waals surface area contributed by atoms with Crippen LogP contribution in [0.25, 0.3) is 16.0 Å². The van der Waals surface area contributed by atoms with Gasteiger partial charge in [-0.25, -0.2) is 26.5 Å². The van der Waals surface area contributed by atoms with Crippen molar-refractivity contribution < 1.29 is 59.1 Å². The number of nitrogens with one attached hydrogen (secondary N) is 4. The Morgan fingerprint density at radius 2 is 1.46 bits per heavy atom. The number of β-amino-alcohol motifs (C(OH)–C–C–N with tert-alkyl or cyclic N) is 1. The maximum atomic E-state index is 14.6. The predicted octanol–water partition coefficient (Wildman–Crippen LogP) is 11.6. The molecule has 568 valence electrons. The van der Waals surface area contributed by atoms with Gasteiger partial charge in [0, 0.05) is 119 Å².